The van der Waals surface area contributed by atoms with Crippen LogP contribution in [0, 0.1) is 11.8 Å². The number of carbonyl (C=O) groups is 2. The standard InChI is InChI=1S/C22H23F3N2O3/c1-13-12-17(22(23,24)25)26-20(28)18(13)21(29)27-19(14-6-4-3-5-7-14)15-8-10-16(30-2)11-9-15/h3-11,13,17-19H,12H2,1-2H3,(H,26,28)(H,27,29). The van der Waals surface area contributed by atoms with Crippen molar-refractivity contribution in [2.45, 2.75) is 31.6 Å². The van der Waals surface area contributed by atoms with Crippen molar-refractivity contribution in [3.63, 3.8) is 0 Å². The molecule has 1 heterocycles. The van der Waals surface area contributed by atoms with Crippen LogP contribution in [0.5, 0.6) is 5.75 Å². The average molecular weight is 420 g/mol. The van der Waals surface area contributed by atoms with Crippen LogP contribution in [0.4, 0.5) is 13.2 Å². The van der Waals surface area contributed by atoms with Gasteiger partial charge in [-0.15, -0.1) is 0 Å². The van der Waals surface area contributed by atoms with Crippen LogP contribution in [-0.2, 0) is 9.59 Å². The normalized spacial score (nSPS) is 22.7. The number of hydrogen-bond acceptors (Lipinski definition) is 3. The zero-order valence-electron chi connectivity index (χ0n) is 16.6. The molecule has 0 spiro atoms. The molecule has 0 radical (unpaired) electrons. The molecule has 1 saturated heterocycles. The zero-order chi connectivity index (χ0) is 21.9. The van der Waals surface area contributed by atoms with E-state index in [1.54, 1.807) is 31.4 Å². The third-order valence-corrected chi connectivity index (χ3v) is 5.32. The van der Waals surface area contributed by atoms with Gasteiger partial charge >= 0.3 is 6.18 Å². The largest absolute Gasteiger partial charge is 0.497 e. The summed E-state index contributed by atoms with van der Waals surface area (Å²) in [6.45, 7) is 1.49. The smallest absolute Gasteiger partial charge is 0.408 e. The van der Waals surface area contributed by atoms with Crippen LogP contribution in [0.15, 0.2) is 54.6 Å². The van der Waals surface area contributed by atoms with Gasteiger partial charge in [-0.05, 0) is 35.6 Å². The number of benzene rings is 2. The van der Waals surface area contributed by atoms with Crippen molar-refractivity contribution in [2.75, 3.05) is 7.11 Å². The Kier molecular flexibility index (Phi) is 6.34. The van der Waals surface area contributed by atoms with E-state index in [0.29, 0.717) is 5.75 Å². The molecule has 1 aliphatic rings. The van der Waals surface area contributed by atoms with E-state index in [1.165, 1.54) is 6.92 Å². The lowest BCUT2D eigenvalue weighted by molar-refractivity contribution is -0.175. The van der Waals surface area contributed by atoms with E-state index < -0.39 is 41.9 Å². The number of ether oxygens (including phenoxy) is 1. The maximum absolute atomic E-state index is 13.0. The Labute approximate surface area is 172 Å². The van der Waals surface area contributed by atoms with Gasteiger partial charge in [-0.25, -0.2) is 0 Å². The molecule has 1 fully saturated rings. The number of piperidine rings is 1. The van der Waals surface area contributed by atoms with E-state index in [2.05, 4.69) is 5.32 Å². The molecular formula is C22H23F3N2O3. The summed E-state index contributed by atoms with van der Waals surface area (Å²) in [4.78, 5) is 25.3. The summed E-state index contributed by atoms with van der Waals surface area (Å²) in [5, 5.41) is 4.79. The van der Waals surface area contributed by atoms with E-state index in [9.17, 15) is 22.8 Å². The number of nitrogens with one attached hydrogen (secondary N) is 2. The molecule has 4 atom stereocenters. The van der Waals surface area contributed by atoms with Crippen molar-refractivity contribution in [2.24, 2.45) is 11.8 Å². The van der Waals surface area contributed by atoms with Crippen LogP contribution in [-0.4, -0.2) is 31.1 Å². The summed E-state index contributed by atoms with van der Waals surface area (Å²) in [5.74, 6) is -2.82. The molecule has 1 aliphatic heterocycles. The Morgan fingerprint density at radius 3 is 2.23 bits per heavy atom. The predicted octanol–water partition coefficient (Wildman–Crippen LogP) is 3.60. The minimum Gasteiger partial charge on any atom is -0.497 e. The second-order valence-corrected chi connectivity index (χ2v) is 7.42. The minimum absolute atomic E-state index is 0.341. The maximum Gasteiger partial charge on any atom is 0.408 e. The SMILES string of the molecule is COc1ccc(C(NC(=O)C2C(=O)NC(C(F)(F)F)CC2C)c2ccccc2)cc1. The lowest BCUT2D eigenvalue weighted by atomic mass is 9.82. The van der Waals surface area contributed by atoms with Crippen molar-refractivity contribution in [3.8, 4) is 5.75 Å². The highest BCUT2D eigenvalue weighted by Crippen LogP contribution is 2.33. The fraction of sp³-hybridized carbons (Fsp3) is 0.364. The second-order valence-electron chi connectivity index (χ2n) is 7.42. The first kappa shape index (κ1) is 21.7. The number of carbonyl (C=O) groups excluding carboxylic acids is 2. The van der Waals surface area contributed by atoms with Crippen molar-refractivity contribution in [1.82, 2.24) is 10.6 Å². The Morgan fingerprint density at radius 2 is 1.70 bits per heavy atom. The van der Waals surface area contributed by atoms with E-state index in [1.807, 2.05) is 35.6 Å². The van der Waals surface area contributed by atoms with Crippen molar-refractivity contribution < 1.29 is 27.5 Å². The molecular weight excluding hydrogens is 397 g/mol. The molecule has 4 unspecified atom stereocenters. The fourth-order valence-corrected chi connectivity index (χ4v) is 3.71. The van der Waals surface area contributed by atoms with Crippen LogP contribution in [0.1, 0.15) is 30.5 Å². The Balaban J connectivity index is 1.84. The summed E-state index contributed by atoms with van der Waals surface area (Å²) >= 11 is 0. The van der Waals surface area contributed by atoms with Gasteiger partial charge in [0.25, 0.3) is 0 Å². The number of amides is 2. The number of hydrogen-bond donors (Lipinski definition) is 2. The second kappa shape index (κ2) is 8.77. The quantitative estimate of drug-likeness (QED) is 0.727. The molecule has 5 nitrogen and oxygen atoms in total. The van der Waals surface area contributed by atoms with Gasteiger partial charge in [0, 0.05) is 0 Å². The lowest BCUT2D eigenvalue weighted by Crippen LogP contribution is -2.57. The maximum atomic E-state index is 13.0. The third-order valence-electron chi connectivity index (χ3n) is 5.32. The molecule has 160 valence electrons. The molecule has 2 aromatic carbocycles. The van der Waals surface area contributed by atoms with Gasteiger partial charge in [0.2, 0.25) is 11.8 Å². The van der Waals surface area contributed by atoms with Crippen molar-refractivity contribution in [1.29, 1.82) is 0 Å². The fourth-order valence-electron chi connectivity index (χ4n) is 3.71. The van der Waals surface area contributed by atoms with Crippen LogP contribution in [0.3, 0.4) is 0 Å². The first-order valence-corrected chi connectivity index (χ1v) is 9.57. The third kappa shape index (κ3) is 4.75. The molecule has 0 saturated carbocycles. The average Bonchev–Trinajstić information content (AvgIpc) is 2.71. The van der Waals surface area contributed by atoms with E-state index in [4.69, 9.17) is 4.74 Å². The summed E-state index contributed by atoms with van der Waals surface area (Å²) in [6.07, 6.45) is -4.88. The van der Waals surface area contributed by atoms with Gasteiger partial charge in [-0.2, -0.15) is 13.2 Å². The molecule has 30 heavy (non-hydrogen) atoms. The summed E-state index contributed by atoms with van der Waals surface area (Å²) in [6, 6.07) is 13.7. The van der Waals surface area contributed by atoms with Crippen molar-refractivity contribution >= 4 is 11.8 Å². The van der Waals surface area contributed by atoms with Gasteiger partial charge in [-0.3, -0.25) is 9.59 Å². The molecule has 0 aliphatic carbocycles. The Morgan fingerprint density at radius 1 is 1.10 bits per heavy atom. The Bertz CT molecular complexity index is 885. The number of methoxy groups -OCH3 is 1. The number of alkyl halides is 3. The lowest BCUT2D eigenvalue weighted by Gasteiger charge is -2.35. The summed E-state index contributed by atoms with van der Waals surface area (Å²) in [5.41, 5.74) is 1.54. The monoisotopic (exact) mass is 420 g/mol. The summed E-state index contributed by atoms with van der Waals surface area (Å²) in [7, 11) is 1.54. The van der Waals surface area contributed by atoms with E-state index in [0.717, 1.165) is 11.1 Å². The molecule has 8 heteroatoms. The van der Waals surface area contributed by atoms with Crippen LogP contribution in [0.2, 0.25) is 0 Å². The van der Waals surface area contributed by atoms with Gasteiger partial charge in [-0.1, -0.05) is 49.4 Å². The van der Waals surface area contributed by atoms with Crippen LogP contribution in [0.25, 0.3) is 0 Å². The molecule has 2 aromatic rings. The zero-order valence-corrected chi connectivity index (χ0v) is 16.6. The minimum atomic E-state index is -4.54. The molecule has 0 aromatic heterocycles. The highest BCUT2D eigenvalue weighted by atomic mass is 19.4. The highest BCUT2D eigenvalue weighted by Gasteiger charge is 2.49. The van der Waals surface area contributed by atoms with Gasteiger partial charge in [0.15, 0.2) is 0 Å². The van der Waals surface area contributed by atoms with Gasteiger partial charge < -0.3 is 15.4 Å². The van der Waals surface area contributed by atoms with E-state index in [-0.39, 0.29) is 6.42 Å². The summed E-state index contributed by atoms with van der Waals surface area (Å²) < 4.78 is 44.2. The predicted molar refractivity (Wildman–Crippen MR) is 105 cm³/mol. The first-order valence-electron chi connectivity index (χ1n) is 9.57. The highest BCUT2D eigenvalue weighted by molar-refractivity contribution is 6.01. The van der Waals surface area contributed by atoms with Crippen LogP contribution >= 0.6 is 0 Å². The number of halogens is 3. The topological polar surface area (TPSA) is 67.4 Å². The van der Waals surface area contributed by atoms with Crippen LogP contribution < -0.4 is 15.4 Å². The first-order chi connectivity index (χ1) is 14.2. The number of rotatable bonds is 5. The Hall–Kier alpha value is -3.03. The molecule has 2 amide bonds. The molecule has 0 bridgehead atoms. The molecule has 3 rings (SSSR count). The molecule has 2 N–H and O–H groups in total. The van der Waals surface area contributed by atoms with Gasteiger partial charge in [0.05, 0.1) is 13.2 Å². The van der Waals surface area contributed by atoms with E-state index >= 15 is 0 Å². The van der Waals surface area contributed by atoms with Crippen molar-refractivity contribution in [3.05, 3.63) is 65.7 Å². The van der Waals surface area contributed by atoms with Gasteiger partial charge in [0.1, 0.15) is 17.7 Å².